The average molecular weight is 351 g/mol. The molecular weight excluding hydrogens is 328 g/mol. The molecule has 5 nitrogen and oxygen atoms in total. The van der Waals surface area contributed by atoms with Crippen molar-refractivity contribution in [3.8, 4) is 0 Å². The summed E-state index contributed by atoms with van der Waals surface area (Å²) in [6.45, 7) is 3.48. The van der Waals surface area contributed by atoms with Gasteiger partial charge < -0.3 is 15.3 Å². The van der Waals surface area contributed by atoms with Gasteiger partial charge in [0.1, 0.15) is 0 Å². The summed E-state index contributed by atoms with van der Waals surface area (Å²) in [6.07, 6.45) is 2.72. The van der Waals surface area contributed by atoms with Gasteiger partial charge in [-0.15, -0.1) is 0 Å². The third kappa shape index (κ3) is 3.66. The van der Waals surface area contributed by atoms with E-state index in [4.69, 9.17) is 11.6 Å². The molecule has 1 aromatic rings. The second-order valence-corrected chi connectivity index (χ2v) is 7.66. The van der Waals surface area contributed by atoms with Gasteiger partial charge in [0.05, 0.1) is 5.92 Å². The summed E-state index contributed by atoms with van der Waals surface area (Å²) < 4.78 is 0. The number of hydrogen-bond donors (Lipinski definition) is 2. The Balaban J connectivity index is 1.59. The number of aliphatic carboxylic acids is 1. The molecule has 1 aliphatic carbocycles. The molecule has 0 aromatic heterocycles. The number of nitrogens with one attached hydrogen (secondary N) is 1. The van der Waals surface area contributed by atoms with Gasteiger partial charge in [-0.05, 0) is 42.9 Å². The predicted molar refractivity (Wildman–Crippen MR) is 92.2 cm³/mol. The van der Waals surface area contributed by atoms with Gasteiger partial charge in [-0.3, -0.25) is 4.79 Å². The van der Waals surface area contributed by atoms with Crippen molar-refractivity contribution in [1.82, 2.24) is 10.2 Å². The minimum atomic E-state index is -0.820. The fraction of sp³-hybridized carbons (Fsp3) is 0.556. The summed E-state index contributed by atoms with van der Waals surface area (Å²) in [7, 11) is 0. The predicted octanol–water partition coefficient (Wildman–Crippen LogP) is 3.12. The first kappa shape index (κ1) is 17.1. The Morgan fingerprint density at radius 3 is 2.54 bits per heavy atom. The first-order chi connectivity index (χ1) is 11.4. The zero-order chi connectivity index (χ0) is 17.3. The van der Waals surface area contributed by atoms with Gasteiger partial charge in [0.25, 0.3) is 0 Å². The molecule has 3 rings (SSSR count). The lowest BCUT2D eigenvalue weighted by molar-refractivity contribution is -0.143. The van der Waals surface area contributed by atoms with Crippen LogP contribution in [-0.2, 0) is 10.2 Å². The lowest BCUT2D eigenvalue weighted by Crippen LogP contribution is -2.50. The van der Waals surface area contributed by atoms with Crippen LogP contribution in [0.3, 0.4) is 0 Å². The Kier molecular flexibility index (Phi) is 4.72. The van der Waals surface area contributed by atoms with E-state index >= 15 is 0 Å². The van der Waals surface area contributed by atoms with Crippen molar-refractivity contribution in [2.45, 2.75) is 31.6 Å². The van der Waals surface area contributed by atoms with Crippen LogP contribution in [0.25, 0.3) is 0 Å². The van der Waals surface area contributed by atoms with Crippen molar-refractivity contribution in [3.05, 3.63) is 34.9 Å². The number of urea groups is 1. The molecule has 1 aliphatic heterocycles. The number of carbonyl (C=O) groups is 2. The van der Waals surface area contributed by atoms with Gasteiger partial charge in [-0.25, -0.2) is 4.79 Å². The molecule has 130 valence electrons. The number of piperidine rings is 1. The van der Waals surface area contributed by atoms with E-state index < -0.39 is 11.9 Å². The maximum Gasteiger partial charge on any atom is 0.317 e. The molecule has 0 bridgehead atoms. The molecule has 24 heavy (non-hydrogen) atoms. The first-order valence-electron chi connectivity index (χ1n) is 8.41. The van der Waals surface area contributed by atoms with Crippen LogP contribution in [0.15, 0.2) is 24.3 Å². The monoisotopic (exact) mass is 350 g/mol. The van der Waals surface area contributed by atoms with Crippen LogP contribution in [0, 0.1) is 11.8 Å². The summed E-state index contributed by atoms with van der Waals surface area (Å²) in [5, 5.41) is 12.9. The number of benzene rings is 1. The van der Waals surface area contributed by atoms with Crippen molar-refractivity contribution in [2.24, 2.45) is 11.8 Å². The van der Waals surface area contributed by atoms with Gasteiger partial charge in [-0.2, -0.15) is 0 Å². The molecule has 1 saturated carbocycles. The largest absolute Gasteiger partial charge is 0.481 e. The van der Waals surface area contributed by atoms with E-state index in [-0.39, 0.29) is 17.4 Å². The molecule has 1 saturated heterocycles. The van der Waals surface area contributed by atoms with Crippen LogP contribution in [0.2, 0.25) is 5.02 Å². The zero-order valence-corrected chi connectivity index (χ0v) is 14.6. The molecule has 0 radical (unpaired) electrons. The van der Waals surface area contributed by atoms with Crippen molar-refractivity contribution in [3.63, 3.8) is 0 Å². The number of amides is 2. The van der Waals surface area contributed by atoms with E-state index in [0.29, 0.717) is 31.1 Å². The molecule has 6 heteroatoms. The normalized spacial score (nSPS) is 25.2. The zero-order valence-electron chi connectivity index (χ0n) is 13.8. The SMILES string of the molecule is CC1CC(C(=O)O)CN(C(=O)NCC2(c3ccc(Cl)cc3)CC2)C1. The number of nitrogens with zero attached hydrogens (tertiary/aromatic N) is 1. The molecule has 2 unspecified atom stereocenters. The number of carboxylic acid groups (broad SMARTS) is 1. The minimum Gasteiger partial charge on any atom is -0.481 e. The second kappa shape index (κ2) is 6.63. The van der Waals surface area contributed by atoms with Crippen LogP contribution < -0.4 is 5.32 Å². The van der Waals surface area contributed by atoms with E-state index in [2.05, 4.69) is 5.32 Å². The van der Waals surface area contributed by atoms with Crippen LogP contribution in [0.1, 0.15) is 31.7 Å². The molecule has 0 spiro atoms. The maximum atomic E-state index is 12.5. The fourth-order valence-electron chi connectivity index (χ4n) is 3.57. The molecular formula is C18H23ClN2O3. The smallest absolute Gasteiger partial charge is 0.317 e. The van der Waals surface area contributed by atoms with E-state index in [0.717, 1.165) is 12.8 Å². The molecule has 2 aliphatic rings. The Morgan fingerprint density at radius 1 is 1.29 bits per heavy atom. The summed E-state index contributed by atoms with van der Waals surface area (Å²) in [5.74, 6) is -1.08. The summed E-state index contributed by atoms with van der Waals surface area (Å²) in [4.78, 5) is 25.4. The average Bonchev–Trinajstić information content (AvgIpc) is 3.33. The number of rotatable bonds is 4. The van der Waals surface area contributed by atoms with Gasteiger partial charge in [0.15, 0.2) is 0 Å². The highest BCUT2D eigenvalue weighted by Crippen LogP contribution is 2.47. The summed E-state index contributed by atoms with van der Waals surface area (Å²) in [5.41, 5.74) is 1.20. The third-order valence-electron chi connectivity index (χ3n) is 5.18. The van der Waals surface area contributed by atoms with E-state index in [9.17, 15) is 14.7 Å². The number of halogens is 1. The second-order valence-electron chi connectivity index (χ2n) is 7.23. The van der Waals surface area contributed by atoms with Gasteiger partial charge in [0, 0.05) is 30.1 Å². The standard InChI is InChI=1S/C18H23ClN2O3/c1-12-8-13(16(22)23)10-21(9-12)17(24)20-11-18(6-7-18)14-2-4-15(19)5-3-14/h2-5,12-13H,6-11H2,1H3,(H,20,24)(H,22,23). The number of carboxylic acids is 1. The van der Waals surface area contributed by atoms with Crippen molar-refractivity contribution < 1.29 is 14.7 Å². The summed E-state index contributed by atoms with van der Waals surface area (Å²) >= 11 is 5.94. The third-order valence-corrected chi connectivity index (χ3v) is 5.44. The van der Waals surface area contributed by atoms with Gasteiger partial charge in [-0.1, -0.05) is 30.7 Å². The molecule has 2 atom stereocenters. The Bertz CT molecular complexity index is 628. The highest BCUT2D eigenvalue weighted by atomic mass is 35.5. The Hall–Kier alpha value is -1.75. The molecule has 1 aromatic carbocycles. The topological polar surface area (TPSA) is 69.6 Å². The van der Waals surface area contributed by atoms with Crippen LogP contribution in [0.4, 0.5) is 4.79 Å². The fourth-order valence-corrected chi connectivity index (χ4v) is 3.70. The number of hydrogen-bond acceptors (Lipinski definition) is 2. The van der Waals surface area contributed by atoms with E-state index in [1.54, 1.807) is 4.90 Å². The summed E-state index contributed by atoms with van der Waals surface area (Å²) in [6, 6.07) is 7.63. The highest BCUT2D eigenvalue weighted by Gasteiger charge is 2.44. The van der Waals surface area contributed by atoms with E-state index in [1.165, 1.54) is 5.56 Å². The van der Waals surface area contributed by atoms with Crippen molar-refractivity contribution >= 4 is 23.6 Å². The van der Waals surface area contributed by atoms with Crippen LogP contribution in [0.5, 0.6) is 0 Å². The van der Waals surface area contributed by atoms with Crippen LogP contribution >= 0.6 is 11.6 Å². The maximum absolute atomic E-state index is 12.5. The quantitative estimate of drug-likeness (QED) is 0.876. The number of likely N-dealkylation sites (tertiary alicyclic amines) is 1. The lowest BCUT2D eigenvalue weighted by atomic mass is 9.91. The van der Waals surface area contributed by atoms with Crippen molar-refractivity contribution in [1.29, 1.82) is 0 Å². The lowest BCUT2D eigenvalue weighted by Gasteiger charge is -2.35. The molecule has 2 fully saturated rings. The number of carbonyl (C=O) groups excluding carboxylic acids is 1. The molecule has 2 N–H and O–H groups in total. The highest BCUT2D eigenvalue weighted by molar-refractivity contribution is 6.30. The minimum absolute atomic E-state index is 0.00779. The molecule has 2 amide bonds. The Labute approximate surface area is 147 Å². The van der Waals surface area contributed by atoms with Crippen LogP contribution in [-0.4, -0.2) is 41.6 Å². The van der Waals surface area contributed by atoms with Crippen molar-refractivity contribution in [2.75, 3.05) is 19.6 Å². The Morgan fingerprint density at radius 2 is 1.96 bits per heavy atom. The molecule has 1 heterocycles. The van der Waals surface area contributed by atoms with E-state index in [1.807, 2.05) is 31.2 Å². The van der Waals surface area contributed by atoms with Gasteiger partial charge >= 0.3 is 12.0 Å². The van der Waals surface area contributed by atoms with Gasteiger partial charge in [0.2, 0.25) is 0 Å². The first-order valence-corrected chi connectivity index (χ1v) is 8.79.